The molecule has 1 N–H and O–H groups in total. The Hall–Kier alpha value is -0.900. The Labute approximate surface area is 117 Å². The Morgan fingerprint density at radius 3 is 2.79 bits per heavy atom. The minimum atomic E-state index is 0.587. The molecule has 1 heterocycles. The van der Waals surface area contributed by atoms with Gasteiger partial charge in [0.25, 0.3) is 0 Å². The van der Waals surface area contributed by atoms with Crippen LogP contribution in [0.3, 0.4) is 0 Å². The quantitative estimate of drug-likeness (QED) is 0.785. The zero-order chi connectivity index (χ0) is 13.7. The first-order valence-corrected chi connectivity index (χ1v) is 7.80. The minimum absolute atomic E-state index is 0.587. The lowest BCUT2D eigenvalue weighted by atomic mass is 9.78. The van der Waals surface area contributed by atoms with Gasteiger partial charge < -0.3 is 5.32 Å². The van der Waals surface area contributed by atoms with Crippen molar-refractivity contribution < 1.29 is 0 Å². The Bertz CT molecular complexity index is 368. The maximum atomic E-state index is 4.47. The van der Waals surface area contributed by atoms with Gasteiger partial charge >= 0.3 is 0 Å². The molecule has 1 saturated carbocycles. The second kappa shape index (κ2) is 7.04. The van der Waals surface area contributed by atoms with Crippen LogP contribution >= 0.6 is 0 Å². The molecule has 4 heteroatoms. The van der Waals surface area contributed by atoms with Gasteiger partial charge in [0.1, 0.15) is 12.2 Å². The highest BCUT2D eigenvalue weighted by Crippen LogP contribution is 2.30. The van der Waals surface area contributed by atoms with Crippen molar-refractivity contribution in [2.75, 3.05) is 6.54 Å². The molecule has 1 aliphatic carbocycles. The molecule has 1 unspecified atom stereocenters. The molecule has 1 aliphatic rings. The standard InChI is InChI=1S/C15H28N4/c1-4-8-16-14(13-6-5-7-13)9-15-17-11-18-19(15)10-12(2)3/h11-14,16H,4-10H2,1-3H3. The third-order valence-corrected chi connectivity index (χ3v) is 4.01. The molecule has 1 fully saturated rings. The summed E-state index contributed by atoms with van der Waals surface area (Å²) < 4.78 is 2.09. The maximum Gasteiger partial charge on any atom is 0.138 e. The van der Waals surface area contributed by atoms with Gasteiger partial charge in [-0.05, 0) is 37.6 Å². The highest BCUT2D eigenvalue weighted by molar-refractivity contribution is 4.94. The van der Waals surface area contributed by atoms with E-state index in [2.05, 4.69) is 40.9 Å². The minimum Gasteiger partial charge on any atom is -0.313 e. The van der Waals surface area contributed by atoms with Crippen LogP contribution in [0.25, 0.3) is 0 Å². The second-order valence-electron chi connectivity index (χ2n) is 6.21. The van der Waals surface area contributed by atoms with E-state index < -0.39 is 0 Å². The summed E-state index contributed by atoms with van der Waals surface area (Å²) in [6, 6.07) is 0.587. The van der Waals surface area contributed by atoms with Crippen LogP contribution < -0.4 is 5.32 Å². The molecule has 2 rings (SSSR count). The maximum absolute atomic E-state index is 4.47. The van der Waals surface area contributed by atoms with E-state index in [1.165, 1.54) is 25.7 Å². The Kier molecular flexibility index (Phi) is 5.37. The summed E-state index contributed by atoms with van der Waals surface area (Å²) in [6.07, 6.45) is 8.07. The van der Waals surface area contributed by atoms with E-state index in [1.54, 1.807) is 6.33 Å². The van der Waals surface area contributed by atoms with Gasteiger partial charge in [-0.2, -0.15) is 5.10 Å². The third-order valence-electron chi connectivity index (χ3n) is 4.01. The van der Waals surface area contributed by atoms with Crippen LogP contribution in [-0.4, -0.2) is 27.4 Å². The smallest absolute Gasteiger partial charge is 0.138 e. The van der Waals surface area contributed by atoms with Crippen LogP contribution in [0.1, 0.15) is 52.3 Å². The molecule has 0 saturated heterocycles. The molecule has 1 aromatic heterocycles. The Morgan fingerprint density at radius 2 is 2.21 bits per heavy atom. The van der Waals surface area contributed by atoms with Crippen molar-refractivity contribution >= 4 is 0 Å². The number of hydrogen-bond acceptors (Lipinski definition) is 3. The average Bonchev–Trinajstić information content (AvgIpc) is 2.70. The van der Waals surface area contributed by atoms with Crippen molar-refractivity contribution in [3.8, 4) is 0 Å². The van der Waals surface area contributed by atoms with Crippen molar-refractivity contribution in [2.45, 2.75) is 65.5 Å². The zero-order valence-electron chi connectivity index (χ0n) is 12.6. The van der Waals surface area contributed by atoms with Gasteiger partial charge in [-0.15, -0.1) is 0 Å². The van der Waals surface area contributed by atoms with Crippen LogP contribution in [0.2, 0.25) is 0 Å². The molecule has 0 bridgehead atoms. The first-order chi connectivity index (χ1) is 9.20. The molecule has 0 amide bonds. The van der Waals surface area contributed by atoms with Crippen molar-refractivity contribution in [3.05, 3.63) is 12.2 Å². The second-order valence-corrected chi connectivity index (χ2v) is 6.21. The van der Waals surface area contributed by atoms with Crippen LogP contribution in [0, 0.1) is 11.8 Å². The van der Waals surface area contributed by atoms with Crippen molar-refractivity contribution in [1.82, 2.24) is 20.1 Å². The first-order valence-electron chi connectivity index (χ1n) is 7.80. The van der Waals surface area contributed by atoms with E-state index in [0.29, 0.717) is 12.0 Å². The SMILES string of the molecule is CCCNC(Cc1ncnn1CC(C)C)C1CCC1. The fourth-order valence-corrected chi connectivity index (χ4v) is 2.72. The summed E-state index contributed by atoms with van der Waals surface area (Å²) in [6.45, 7) is 8.76. The lowest BCUT2D eigenvalue weighted by Crippen LogP contribution is -2.42. The molecular weight excluding hydrogens is 236 g/mol. The number of aromatic nitrogens is 3. The van der Waals surface area contributed by atoms with E-state index in [0.717, 1.165) is 31.3 Å². The van der Waals surface area contributed by atoms with Gasteiger partial charge in [0.2, 0.25) is 0 Å². The molecule has 19 heavy (non-hydrogen) atoms. The van der Waals surface area contributed by atoms with Gasteiger partial charge in [0.05, 0.1) is 0 Å². The largest absolute Gasteiger partial charge is 0.313 e. The predicted molar refractivity (Wildman–Crippen MR) is 78.0 cm³/mol. The average molecular weight is 264 g/mol. The van der Waals surface area contributed by atoms with E-state index in [4.69, 9.17) is 0 Å². The number of hydrogen-bond donors (Lipinski definition) is 1. The van der Waals surface area contributed by atoms with Crippen molar-refractivity contribution in [3.63, 3.8) is 0 Å². The molecular formula is C15H28N4. The van der Waals surface area contributed by atoms with E-state index in [-0.39, 0.29) is 0 Å². The van der Waals surface area contributed by atoms with Gasteiger partial charge in [-0.3, -0.25) is 0 Å². The summed E-state index contributed by atoms with van der Waals surface area (Å²) in [5, 5.41) is 8.08. The molecule has 0 radical (unpaired) electrons. The van der Waals surface area contributed by atoms with Crippen LogP contribution in [0.5, 0.6) is 0 Å². The summed E-state index contributed by atoms with van der Waals surface area (Å²) in [5.74, 6) is 2.61. The molecule has 1 atom stereocenters. The summed E-state index contributed by atoms with van der Waals surface area (Å²) in [5.41, 5.74) is 0. The fraction of sp³-hybridized carbons (Fsp3) is 0.867. The van der Waals surface area contributed by atoms with Gasteiger partial charge in [-0.1, -0.05) is 27.2 Å². The highest BCUT2D eigenvalue weighted by Gasteiger charge is 2.28. The number of nitrogens with zero attached hydrogens (tertiary/aromatic N) is 3. The molecule has 0 aromatic carbocycles. The first kappa shape index (κ1) is 14.5. The van der Waals surface area contributed by atoms with E-state index in [9.17, 15) is 0 Å². The Balaban J connectivity index is 1.97. The molecule has 0 spiro atoms. The van der Waals surface area contributed by atoms with Crippen LogP contribution in [0.15, 0.2) is 6.33 Å². The fourth-order valence-electron chi connectivity index (χ4n) is 2.72. The molecule has 108 valence electrons. The van der Waals surface area contributed by atoms with Gasteiger partial charge in [0, 0.05) is 19.0 Å². The zero-order valence-corrected chi connectivity index (χ0v) is 12.6. The van der Waals surface area contributed by atoms with Crippen LogP contribution in [0.4, 0.5) is 0 Å². The van der Waals surface area contributed by atoms with Gasteiger partial charge in [0.15, 0.2) is 0 Å². The summed E-state index contributed by atoms with van der Waals surface area (Å²) >= 11 is 0. The van der Waals surface area contributed by atoms with E-state index in [1.807, 2.05) is 0 Å². The highest BCUT2D eigenvalue weighted by atomic mass is 15.3. The third kappa shape index (κ3) is 4.03. The molecule has 4 nitrogen and oxygen atoms in total. The molecule has 0 aliphatic heterocycles. The van der Waals surface area contributed by atoms with Gasteiger partial charge in [-0.25, -0.2) is 9.67 Å². The van der Waals surface area contributed by atoms with Crippen molar-refractivity contribution in [2.24, 2.45) is 11.8 Å². The lowest BCUT2D eigenvalue weighted by molar-refractivity contribution is 0.223. The topological polar surface area (TPSA) is 42.7 Å². The Morgan fingerprint density at radius 1 is 1.42 bits per heavy atom. The lowest BCUT2D eigenvalue weighted by Gasteiger charge is -2.34. The summed E-state index contributed by atoms with van der Waals surface area (Å²) in [4.78, 5) is 4.47. The van der Waals surface area contributed by atoms with Crippen molar-refractivity contribution in [1.29, 1.82) is 0 Å². The molecule has 1 aromatic rings. The monoisotopic (exact) mass is 264 g/mol. The normalized spacial score (nSPS) is 17.7. The number of rotatable bonds is 8. The van der Waals surface area contributed by atoms with Crippen LogP contribution in [-0.2, 0) is 13.0 Å². The number of nitrogens with one attached hydrogen (secondary N) is 1. The van der Waals surface area contributed by atoms with E-state index >= 15 is 0 Å². The predicted octanol–water partition coefficient (Wildman–Crippen LogP) is 2.64. The summed E-state index contributed by atoms with van der Waals surface area (Å²) in [7, 11) is 0.